The lowest BCUT2D eigenvalue weighted by molar-refractivity contribution is -0.275. The number of ether oxygens (including phenoxy) is 1. The molecule has 1 aliphatic rings. The number of alkyl halides is 3. The Bertz CT molecular complexity index is 779. The highest BCUT2D eigenvalue weighted by molar-refractivity contribution is 8.00. The summed E-state index contributed by atoms with van der Waals surface area (Å²) in [7, 11) is 0. The number of nitrogens with zero attached hydrogens (tertiary/aromatic N) is 2. The van der Waals surface area contributed by atoms with Crippen molar-refractivity contribution in [3.8, 4) is 5.75 Å². The molecular formula is C16H18F4N4OS. The second-order valence-electron chi connectivity index (χ2n) is 6.01. The lowest BCUT2D eigenvalue weighted by Crippen LogP contribution is -2.43. The molecule has 1 fully saturated rings. The molecule has 1 saturated heterocycles. The molecule has 0 amide bonds. The molecule has 0 aliphatic carbocycles. The van der Waals surface area contributed by atoms with E-state index in [1.54, 1.807) is 5.41 Å². The monoisotopic (exact) mass is 390 g/mol. The number of H-pyrrole nitrogens is 1. The number of hydrogen-bond acceptors (Lipinski definition) is 5. The Morgan fingerprint density at radius 2 is 2.27 bits per heavy atom. The first-order valence-electron chi connectivity index (χ1n) is 8.02. The summed E-state index contributed by atoms with van der Waals surface area (Å²) in [5, 5.41) is 1.73. The molecule has 0 bridgehead atoms. The van der Waals surface area contributed by atoms with E-state index in [0.717, 1.165) is 38.1 Å². The maximum absolute atomic E-state index is 13.8. The van der Waals surface area contributed by atoms with Crippen molar-refractivity contribution in [1.29, 1.82) is 0 Å². The van der Waals surface area contributed by atoms with Crippen LogP contribution in [0.3, 0.4) is 0 Å². The third kappa shape index (κ3) is 4.89. The standard InChI is InChI=1S/C16H18F4N4OS/c1-2-26-23-10-4-3-5-24(8-10)9-15-21-12-6-11(17)14(7-13(12)22-15)25-16(18,19)20/h2,6-7,10,23H,1,3-5,8-9H2,(H,21,22)/t10-/m1/s1. The number of likely N-dealkylation sites (tertiary alicyclic amines) is 1. The van der Waals surface area contributed by atoms with Gasteiger partial charge in [-0.2, -0.15) is 0 Å². The lowest BCUT2D eigenvalue weighted by Gasteiger charge is -2.32. The number of piperidine rings is 1. The highest BCUT2D eigenvalue weighted by atomic mass is 32.2. The predicted octanol–water partition coefficient (Wildman–Crippen LogP) is 3.95. The van der Waals surface area contributed by atoms with Gasteiger partial charge in [0.05, 0.1) is 17.6 Å². The summed E-state index contributed by atoms with van der Waals surface area (Å²) >= 11 is 1.45. The molecular weight excluding hydrogens is 372 g/mol. The van der Waals surface area contributed by atoms with Crippen LogP contribution in [0.1, 0.15) is 18.7 Å². The Morgan fingerprint density at radius 3 is 3.00 bits per heavy atom. The van der Waals surface area contributed by atoms with E-state index < -0.39 is 17.9 Å². The van der Waals surface area contributed by atoms with Crippen LogP contribution in [0, 0.1) is 5.82 Å². The SMILES string of the molecule is C=CSN[C@@H]1CCCN(Cc2nc3cc(OC(F)(F)F)c(F)cc3[nH]2)C1. The summed E-state index contributed by atoms with van der Waals surface area (Å²) in [6.45, 7) is 5.86. The second kappa shape index (κ2) is 7.85. The largest absolute Gasteiger partial charge is 0.573 e. The number of aromatic amines is 1. The van der Waals surface area contributed by atoms with E-state index in [4.69, 9.17) is 0 Å². The summed E-state index contributed by atoms with van der Waals surface area (Å²) in [6.07, 6.45) is -2.87. The zero-order chi connectivity index (χ0) is 18.7. The van der Waals surface area contributed by atoms with Crippen LogP contribution >= 0.6 is 11.9 Å². The number of halogens is 4. The molecule has 2 heterocycles. The van der Waals surface area contributed by atoms with Crippen molar-refractivity contribution in [3.63, 3.8) is 0 Å². The molecule has 1 aliphatic heterocycles. The van der Waals surface area contributed by atoms with Gasteiger partial charge in [0.1, 0.15) is 5.82 Å². The number of imidazole rings is 1. The molecule has 0 saturated carbocycles. The summed E-state index contributed by atoms with van der Waals surface area (Å²) < 4.78 is 57.8. The Kier molecular flexibility index (Phi) is 5.73. The van der Waals surface area contributed by atoms with Gasteiger partial charge in [-0.3, -0.25) is 9.62 Å². The van der Waals surface area contributed by atoms with Gasteiger partial charge < -0.3 is 9.72 Å². The van der Waals surface area contributed by atoms with E-state index in [-0.39, 0.29) is 5.52 Å². The normalized spacial score (nSPS) is 19.0. The van der Waals surface area contributed by atoms with Gasteiger partial charge in [0.15, 0.2) is 11.6 Å². The van der Waals surface area contributed by atoms with Gasteiger partial charge in [-0.15, -0.1) is 13.2 Å². The molecule has 0 radical (unpaired) electrons. The average Bonchev–Trinajstić information content (AvgIpc) is 2.93. The van der Waals surface area contributed by atoms with Gasteiger partial charge in [0, 0.05) is 24.7 Å². The zero-order valence-electron chi connectivity index (χ0n) is 13.8. The first-order chi connectivity index (χ1) is 12.3. The van der Waals surface area contributed by atoms with Gasteiger partial charge in [-0.05, 0) is 24.8 Å². The number of rotatable bonds is 6. The third-order valence-electron chi connectivity index (χ3n) is 4.01. The molecule has 142 valence electrons. The van der Waals surface area contributed by atoms with Crippen molar-refractivity contribution in [1.82, 2.24) is 19.6 Å². The van der Waals surface area contributed by atoms with Crippen molar-refractivity contribution >= 4 is 23.0 Å². The number of hydrogen-bond donors (Lipinski definition) is 2. The molecule has 26 heavy (non-hydrogen) atoms. The number of aromatic nitrogens is 2. The van der Waals surface area contributed by atoms with Gasteiger partial charge in [-0.1, -0.05) is 18.5 Å². The molecule has 1 aromatic heterocycles. The van der Waals surface area contributed by atoms with E-state index >= 15 is 0 Å². The van der Waals surface area contributed by atoms with E-state index in [2.05, 4.69) is 30.9 Å². The Balaban J connectivity index is 1.71. The van der Waals surface area contributed by atoms with E-state index in [1.807, 2.05) is 0 Å². The Hall–Kier alpha value is -1.78. The van der Waals surface area contributed by atoms with Crippen LogP contribution < -0.4 is 9.46 Å². The molecule has 10 heteroatoms. The van der Waals surface area contributed by atoms with Crippen LogP contribution in [-0.4, -0.2) is 40.4 Å². The van der Waals surface area contributed by atoms with Crippen LogP contribution in [0.15, 0.2) is 24.1 Å². The Morgan fingerprint density at radius 1 is 1.46 bits per heavy atom. The predicted molar refractivity (Wildman–Crippen MR) is 92.0 cm³/mol. The molecule has 5 nitrogen and oxygen atoms in total. The van der Waals surface area contributed by atoms with Crippen LogP contribution in [-0.2, 0) is 6.54 Å². The first kappa shape index (κ1) is 19.0. The maximum atomic E-state index is 13.8. The highest BCUT2D eigenvalue weighted by Gasteiger charge is 2.32. The van der Waals surface area contributed by atoms with Gasteiger partial charge in [0.2, 0.25) is 0 Å². The summed E-state index contributed by atoms with van der Waals surface area (Å²) in [6, 6.07) is 2.24. The number of nitrogens with one attached hydrogen (secondary N) is 2. The van der Waals surface area contributed by atoms with Crippen molar-refractivity contribution in [2.45, 2.75) is 31.8 Å². The molecule has 3 rings (SSSR count). The summed E-state index contributed by atoms with van der Waals surface area (Å²) in [5.41, 5.74) is 0.565. The summed E-state index contributed by atoms with van der Waals surface area (Å²) in [4.78, 5) is 9.42. The summed E-state index contributed by atoms with van der Waals surface area (Å²) in [5.74, 6) is -1.40. The minimum absolute atomic E-state index is 0.231. The average molecular weight is 390 g/mol. The quantitative estimate of drug-likeness (QED) is 0.578. The zero-order valence-corrected chi connectivity index (χ0v) is 14.6. The van der Waals surface area contributed by atoms with Crippen LogP contribution in [0.5, 0.6) is 5.75 Å². The lowest BCUT2D eigenvalue weighted by atomic mass is 10.1. The molecule has 0 spiro atoms. The van der Waals surface area contributed by atoms with Crippen molar-refractivity contribution in [2.24, 2.45) is 0 Å². The maximum Gasteiger partial charge on any atom is 0.573 e. The van der Waals surface area contributed by atoms with Crippen molar-refractivity contribution in [3.05, 3.63) is 35.8 Å². The smallest absolute Gasteiger partial charge is 0.403 e. The van der Waals surface area contributed by atoms with E-state index in [0.29, 0.717) is 23.9 Å². The number of benzene rings is 1. The van der Waals surface area contributed by atoms with Crippen LogP contribution in [0.25, 0.3) is 11.0 Å². The number of fused-ring (bicyclic) bond motifs is 1. The fourth-order valence-corrected chi connectivity index (χ4v) is 3.47. The molecule has 2 N–H and O–H groups in total. The second-order valence-corrected chi connectivity index (χ2v) is 6.81. The minimum Gasteiger partial charge on any atom is -0.403 e. The van der Waals surface area contributed by atoms with Crippen molar-refractivity contribution in [2.75, 3.05) is 13.1 Å². The van der Waals surface area contributed by atoms with Gasteiger partial charge in [-0.25, -0.2) is 9.37 Å². The third-order valence-corrected chi connectivity index (χ3v) is 4.64. The highest BCUT2D eigenvalue weighted by Crippen LogP contribution is 2.29. The topological polar surface area (TPSA) is 53.2 Å². The van der Waals surface area contributed by atoms with Crippen LogP contribution in [0.4, 0.5) is 17.6 Å². The van der Waals surface area contributed by atoms with E-state index in [9.17, 15) is 17.6 Å². The fraction of sp³-hybridized carbons (Fsp3) is 0.438. The molecule has 0 unspecified atom stereocenters. The molecule has 1 aromatic carbocycles. The van der Waals surface area contributed by atoms with Gasteiger partial charge in [0.25, 0.3) is 0 Å². The fourth-order valence-electron chi connectivity index (χ4n) is 2.99. The van der Waals surface area contributed by atoms with E-state index in [1.165, 1.54) is 11.9 Å². The minimum atomic E-state index is -4.95. The van der Waals surface area contributed by atoms with Crippen LogP contribution in [0.2, 0.25) is 0 Å². The molecule has 1 atom stereocenters. The van der Waals surface area contributed by atoms with Gasteiger partial charge >= 0.3 is 6.36 Å². The molecule has 2 aromatic rings. The van der Waals surface area contributed by atoms with Crippen molar-refractivity contribution < 1.29 is 22.3 Å². The Labute approximate surface area is 151 Å². The first-order valence-corrected chi connectivity index (χ1v) is 8.90.